The number of pyridine rings is 2. The van der Waals surface area contributed by atoms with Crippen molar-refractivity contribution in [3.63, 3.8) is 0 Å². The standard InChI is InChI=1S/C22H19FN4O2S/c1-2-9-30(29)27-19-7-3-6-16(20(19)23)21(28)18-13-26-22-17(18)10-15(12-25-22)14-5-4-8-24-11-14/h3-8,10-13,27H,2,9H2,1H3,(H,25,26). The van der Waals surface area contributed by atoms with Crippen LogP contribution in [0.4, 0.5) is 10.1 Å². The van der Waals surface area contributed by atoms with Gasteiger partial charge in [-0.05, 0) is 30.7 Å². The third-order valence-electron chi connectivity index (χ3n) is 4.63. The largest absolute Gasteiger partial charge is 0.345 e. The van der Waals surface area contributed by atoms with E-state index >= 15 is 4.39 Å². The van der Waals surface area contributed by atoms with Crippen LogP contribution in [-0.4, -0.2) is 30.7 Å². The van der Waals surface area contributed by atoms with E-state index in [0.717, 1.165) is 11.1 Å². The smallest absolute Gasteiger partial charge is 0.198 e. The molecule has 1 atom stereocenters. The lowest BCUT2D eigenvalue weighted by Crippen LogP contribution is -2.12. The van der Waals surface area contributed by atoms with Gasteiger partial charge in [-0.15, -0.1) is 0 Å². The normalized spacial score (nSPS) is 12.1. The molecule has 8 heteroatoms. The second-order valence-electron chi connectivity index (χ2n) is 6.71. The number of nitrogens with zero attached hydrogens (tertiary/aromatic N) is 2. The lowest BCUT2D eigenvalue weighted by molar-refractivity contribution is 0.103. The summed E-state index contributed by atoms with van der Waals surface area (Å²) in [6.07, 6.45) is 7.31. The van der Waals surface area contributed by atoms with Crippen molar-refractivity contribution in [2.45, 2.75) is 13.3 Å². The third kappa shape index (κ3) is 3.86. The summed E-state index contributed by atoms with van der Waals surface area (Å²) in [5.74, 6) is -0.811. The van der Waals surface area contributed by atoms with Gasteiger partial charge in [0.05, 0.1) is 11.3 Å². The molecule has 4 rings (SSSR count). The molecule has 4 aromatic rings. The number of ketones is 1. The molecule has 0 fully saturated rings. The number of fused-ring (bicyclic) bond motifs is 1. The number of hydrogen-bond acceptors (Lipinski definition) is 4. The van der Waals surface area contributed by atoms with E-state index in [2.05, 4.69) is 19.7 Å². The van der Waals surface area contributed by atoms with E-state index in [-0.39, 0.29) is 11.3 Å². The number of carbonyl (C=O) groups excluding carboxylic acids is 1. The van der Waals surface area contributed by atoms with Crippen LogP contribution in [0.2, 0.25) is 0 Å². The Labute approximate surface area is 175 Å². The molecule has 3 aromatic heterocycles. The molecule has 0 spiro atoms. The number of benzene rings is 1. The summed E-state index contributed by atoms with van der Waals surface area (Å²) in [4.78, 5) is 24.6. The van der Waals surface area contributed by atoms with E-state index in [1.54, 1.807) is 24.7 Å². The fourth-order valence-electron chi connectivity index (χ4n) is 3.17. The predicted molar refractivity (Wildman–Crippen MR) is 116 cm³/mol. The molecule has 0 amide bonds. The Bertz CT molecular complexity index is 1240. The summed E-state index contributed by atoms with van der Waals surface area (Å²) in [5.41, 5.74) is 2.46. The zero-order chi connectivity index (χ0) is 21.1. The average molecular weight is 422 g/mol. The van der Waals surface area contributed by atoms with Crippen LogP contribution in [0.25, 0.3) is 22.2 Å². The number of aromatic nitrogens is 3. The number of rotatable bonds is 7. The predicted octanol–water partition coefficient (Wildman–Crippen LogP) is 4.48. The van der Waals surface area contributed by atoms with Crippen LogP contribution < -0.4 is 4.72 Å². The molecule has 1 aromatic carbocycles. The monoisotopic (exact) mass is 422 g/mol. The maximum Gasteiger partial charge on any atom is 0.198 e. The first-order valence-electron chi connectivity index (χ1n) is 9.44. The first-order chi connectivity index (χ1) is 14.6. The molecule has 152 valence electrons. The Morgan fingerprint density at radius 3 is 2.80 bits per heavy atom. The minimum absolute atomic E-state index is 0.0432. The van der Waals surface area contributed by atoms with Crippen molar-refractivity contribution in [2.75, 3.05) is 10.5 Å². The highest BCUT2D eigenvalue weighted by atomic mass is 32.2. The maximum atomic E-state index is 15.0. The molecule has 30 heavy (non-hydrogen) atoms. The average Bonchev–Trinajstić information content (AvgIpc) is 3.19. The van der Waals surface area contributed by atoms with Gasteiger partial charge in [0, 0.05) is 52.6 Å². The lowest BCUT2D eigenvalue weighted by Gasteiger charge is -2.09. The van der Waals surface area contributed by atoms with Crippen LogP contribution in [0.1, 0.15) is 29.3 Å². The second-order valence-corrected chi connectivity index (χ2v) is 8.02. The van der Waals surface area contributed by atoms with Crippen molar-refractivity contribution >= 4 is 33.5 Å². The van der Waals surface area contributed by atoms with Crippen molar-refractivity contribution < 1.29 is 13.4 Å². The zero-order valence-electron chi connectivity index (χ0n) is 16.2. The highest BCUT2D eigenvalue weighted by Crippen LogP contribution is 2.27. The first kappa shape index (κ1) is 19.9. The van der Waals surface area contributed by atoms with Gasteiger partial charge in [0.1, 0.15) is 16.6 Å². The number of H-pyrrole nitrogens is 1. The molecule has 0 saturated carbocycles. The molecule has 0 radical (unpaired) electrons. The van der Waals surface area contributed by atoms with E-state index in [9.17, 15) is 9.00 Å². The molecule has 0 aliphatic carbocycles. The first-order valence-corrected chi connectivity index (χ1v) is 10.8. The van der Waals surface area contributed by atoms with E-state index in [0.29, 0.717) is 28.8 Å². The number of anilines is 1. The van der Waals surface area contributed by atoms with Crippen LogP contribution >= 0.6 is 0 Å². The van der Waals surface area contributed by atoms with E-state index in [4.69, 9.17) is 0 Å². The Morgan fingerprint density at radius 2 is 2.03 bits per heavy atom. The molecule has 3 heterocycles. The van der Waals surface area contributed by atoms with Gasteiger partial charge < -0.3 is 9.71 Å². The van der Waals surface area contributed by atoms with Gasteiger partial charge in [-0.1, -0.05) is 19.1 Å². The molecule has 6 nitrogen and oxygen atoms in total. The van der Waals surface area contributed by atoms with Gasteiger partial charge >= 0.3 is 0 Å². The minimum atomic E-state index is -1.41. The Hall–Kier alpha value is -3.39. The fourth-order valence-corrected chi connectivity index (χ4v) is 4.05. The Morgan fingerprint density at radius 1 is 1.17 bits per heavy atom. The van der Waals surface area contributed by atoms with Crippen molar-refractivity contribution in [1.29, 1.82) is 0 Å². The topological polar surface area (TPSA) is 87.7 Å². The molecule has 0 saturated heterocycles. The summed E-state index contributed by atoms with van der Waals surface area (Å²) < 4.78 is 29.6. The number of carbonyl (C=O) groups is 1. The highest BCUT2D eigenvalue weighted by Gasteiger charge is 2.21. The van der Waals surface area contributed by atoms with E-state index in [1.165, 1.54) is 18.3 Å². The van der Waals surface area contributed by atoms with Crippen molar-refractivity contribution in [3.8, 4) is 11.1 Å². The third-order valence-corrected chi connectivity index (χ3v) is 5.85. The molecule has 1 unspecified atom stereocenters. The van der Waals surface area contributed by atoms with Crippen LogP contribution in [0, 0.1) is 5.82 Å². The molecular formula is C22H19FN4O2S. The van der Waals surface area contributed by atoms with Gasteiger partial charge in [-0.2, -0.15) is 0 Å². The summed E-state index contributed by atoms with van der Waals surface area (Å²) >= 11 is 0. The number of aromatic amines is 1. The van der Waals surface area contributed by atoms with Crippen LogP contribution in [0.5, 0.6) is 0 Å². The number of hydrogen-bond donors (Lipinski definition) is 2. The molecule has 2 N–H and O–H groups in total. The Balaban J connectivity index is 1.72. The number of halogens is 1. The molecule has 0 aliphatic rings. The van der Waals surface area contributed by atoms with Gasteiger partial charge in [-0.3, -0.25) is 9.78 Å². The quantitative estimate of drug-likeness (QED) is 0.430. The van der Waals surface area contributed by atoms with Crippen LogP contribution in [-0.2, 0) is 11.0 Å². The highest BCUT2D eigenvalue weighted by molar-refractivity contribution is 7.86. The maximum absolute atomic E-state index is 15.0. The molecule has 0 bridgehead atoms. The van der Waals surface area contributed by atoms with Gasteiger partial charge in [0.15, 0.2) is 11.6 Å². The van der Waals surface area contributed by atoms with Gasteiger partial charge in [-0.25, -0.2) is 13.6 Å². The fraction of sp³-hybridized carbons (Fsp3) is 0.136. The summed E-state index contributed by atoms with van der Waals surface area (Å²) in [6, 6.07) is 10.0. The van der Waals surface area contributed by atoms with Crippen LogP contribution in [0.3, 0.4) is 0 Å². The molecular weight excluding hydrogens is 403 g/mol. The summed E-state index contributed by atoms with van der Waals surface area (Å²) in [7, 11) is -1.41. The van der Waals surface area contributed by atoms with Crippen molar-refractivity contribution in [1.82, 2.24) is 15.0 Å². The summed E-state index contributed by atoms with van der Waals surface area (Å²) in [5, 5.41) is 0.591. The lowest BCUT2D eigenvalue weighted by atomic mass is 10.0. The molecule has 0 aliphatic heterocycles. The van der Waals surface area contributed by atoms with Gasteiger partial charge in [0.25, 0.3) is 0 Å². The number of nitrogens with one attached hydrogen (secondary N) is 2. The Kier molecular flexibility index (Phi) is 5.67. The van der Waals surface area contributed by atoms with E-state index < -0.39 is 22.6 Å². The van der Waals surface area contributed by atoms with Crippen molar-refractivity contribution in [3.05, 3.63) is 78.1 Å². The van der Waals surface area contributed by atoms with E-state index in [1.807, 2.05) is 25.1 Å². The minimum Gasteiger partial charge on any atom is -0.345 e. The van der Waals surface area contributed by atoms with Crippen LogP contribution in [0.15, 0.2) is 61.2 Å². The van der Waals surface area contributed by atoms with Gasteiger partial charge in [0.2, 0.25) is 0 Å². The second kappa shape index (κ2) is 8.54. The van der Waals surface area contributed by atoms with Crippen molar-refractivity contribution in [2.24, 2.45) is 0 Å². The SMILES string of the molecule is CCCS(=O)Nc1cccc(C(=O)c2c[nH]c3ncc(-c4cccnc4)cc23)c1F. The summed E-state index contributed by atoms with van der Waals surface area (Å²) in [6.45, 7) is 1.89. The zero-order valence-corrected chi connectivity index (χ0v) is 17.0.